The summed E-state index contributed by atoms with van der Waals surface area (Å²) in [5.74, 6) is -1.23. The van der Waals surface area contributed by atoms with Crippen LogP contribution in [0.5, 0.6) is 0 Å². The van der Waals surface area contributed by atoms with Gasteiger partial charge in [-0.05, 0) is 36.2 Å². The molecule has 0 atom stereocenters. The van der Waals surface area contributed by atoms with Gasteiger partial charge in [0.15, 0.2) is 0 Å². The summed E-state index contributed by atoms with van der Waals surface area (Å²) in [7, 11) is 0. The summed E-state index contributed by atoms with van der Waals surface area (Å²) in [6, 6.07) is 14.8. The minimum atomic E-state index is -4.46. The van der Waals surface area contributed by atoms with Crippen molar-refractivity contribution < 1.29 is 27.9 Å². The maximum absolute atomic E-state index is 12.8. The molecule has 0 aliphatic rings. The Labute approximate surface area is 180 Å². The summed E-state index contributed by atoms with van der Waals surface area (Å²) in [4.78, 5) is 26.2. The van der Waals surface area contributed by atoms with Crippen molar-refractivity contribution in [3.8, 4) is 10.4 Å². The van der Waals surface area contributed by atoms with Gasteiger partial charge in [-0.15, -0.1) is 11.3 Å². The quantitative estimate of drug-likeness (QED) is 0.473. The van der Waals surface area contributed by atoms with Gasteiger partial charge in [-0.25, -0.2) is 9.59 Å². The Morgan fingerprint density at radius 1 is 1.06 bits per heavy atom. The zero-order valence-electron chi connectivity index (χ0n) is 16.4. The van der Waals surface area contributed by atoms with Gasteiger partial charge in [0.1, 0.15) is 4.88 Å². The number of anilines is 1. The average molecular weight is 448 g/mol. The highest BCUT2D eigenvalue weighted by Crippen LogP contribution is 2.37. The summed E-state index contributed by atoms with van der Waals surface area (Å²) in [6.45, 7) is 2.56. The van der Waals surface area contributed by atoms with Gasteiger partial charge in [-0.1, -0.05) is 42.5 Å². The molecule has 31 heavy (non-hydrogen) atoms. The van der Waals surface area contributed by atoms with Crippen molar-refractivity contribution >= 4 is 29.0 Å². The predicted octanol–water partition coefficient (Wildman–Crippen LogP) is 6.19. The molecule has 0 bridgehead atoms. The number of carboxylic acid groups (broad SMARTS) is 1. The summed E-state index contributed by atoms with van der Waals surface area (Å²) in [5.41, 5.74) is 0.662. The van der Waals surface area contributed by atoms with Gasteiger partial charge in [-0.3, -0.25) is 0 Å². The van der Waals surface area contributed by atoms with Crippen LogP contribution in [-0.2, 0) is 12.7 Å². The number of carbonyl (C=O) groups excluding carboxylic acids is 1. The van der Waals surface area contributed by atoms with Crippen molar-refractivity contribution in [1.82, 2.24) is 4.90 Å². The number of nitrogens with zero attached hydrogens (tertiary/aromatic N) is 1. The van der Waals surface area contributed by atoms with E-state index in [1.165, 1.54) is 23.1 Å². The van der Waals surface area contributed by atoms with E-state index >= 15 is 0 Å². The van der Waals surface area contributed by atoms with E-state index in [0.29, 0.717) is 23.5 Å². The van der Waals surface area contributed by atoms with Crippen molar-refractivity contribution in [3.05, 3.63) is 76.7 Å². The first-order valence-corrected chi connectivity index (χ1v) is 10.1. The van der Waals surface area contributed by atoms with Crippen LogP contribution in [0, 0.1) is 0 Å². The van der Waals surface area contributed by atoms with Crippen molar-refractivity contribution in [2.24, 2.45) is 0 Å². The second-order valence-electron chi connectivity index (χ2n) is 6.66. The molecule has 0 spiro atoms. The summed E-state index contributed by atoms with van der Waals surface area (Å²) >= 11 is 0.885. The Balaban J connectivity index is 1.83. The molecule has 0 aliphatic carbocycles. The third kappa shape index (κ3) is 5.43. The van der Waals surface area contributed by atoms with Crippen LogP contribution in [0.4, 0.5) is 23.7 Å². The molecule has 0 saturated heterocycles. The normalized spacial score (nSPS) is 11.2. The number of alkyl halides is 3. The summed E-state index contributed by atoms with van der Waals surface area (Å²) < 4.78 is 38.3. The third-order valence-corrected chi connectivity index (χ3v) is 5.72. The van der Waals surface area contributed by atoms with Crippen molar-refractivity contribution in [1.29, 1.82) is 0 Å². The standard InChI is InChI=1S/C22H19F3N2O3S/c1-2-27(13-14-6-4-3-5-7-14)21(30)26-17-12-18(31-19(17)20(28)29)15-8-10-16(11-9-15)22(23,24)25/h3-12H,2,13H2,1H3,(H,26,30)(H,28,29). The average Bonchev–Trinajstić information content (AvgIpc) is 3.16. The number of amides is 2. The van der Waals surface area contributed by atoms with Gasteiger partial charge in [-0.2, -0.15) is 13.2 Å². The molecule has 9 heteroatoms. The number of benzene rings is 2. The number of halogens is 3. The minimum absolute atomic E-state index is 0.0981. The molecule has 0 fully saturated rings. The molecule has 162 valence electrons. The van der Waals surface area contributed by atoms with Gasteiger partial charge >= 0.3 is 18.2 Å². The Morgan fingerprint density at radius 2 is 1.71 bits per heavy atom. The zero-order chi connectivity index (χ0) is 22.6. The van der Waals surface area contributed by atoms with Gasteiger partial charge in [0.05, 0.1) is 11.3 Å². The Morgan fingerprint density at radius 3 is 2.26 bits per heavy atom. The number of nitrogens with one attached hydrogen (secondary N) is 1. The first kappa shape index (κ1) is 22.4. The van der Waals surface area contributed by atoms with E-state index < -0.39 is 23.7 Å². The van der Waals surface area contributed by atoms with E-state index in [2.05, 4.69) is 5.32 Å². The molecule has 0 aliphatic heterocycles. The Kier molecular flexibility index (Phi) is 6.65. The number of carbonyl (C=O) groups is 2. The lowest BCUT2D eigenvalue weighted by Crippen LogP contribution is -2.34. The summed E-state index contributed by atoms with van der Waals surface area (Å²) in [5, 5.41) is 12.1. The molecule has 1 aromatic heterocycles. The van der Waals surface area contributed by atoms with Crippen molar-refractivity contribution in [2.45, 2.75) is 19.6 Å². The van der Waals surface area contributed by atoms with Crippen LogP contribution in [0.15, 0.2) is 60.7 Å². The highest BCUT2D eigenvalue weighted by molar-refractivity contribution is 7.18. The van der Waals surface area contributed by atoms with E-state index in [1.54, 1.807) is 0 Å². The molecule has 3 aromatic rings. The molecule has 2 aromatic carbocycles. The van der Waals surface area contributed by atoms with Gasteiger partial charge in [0.25, 0.3) is 0 Å². The first-order chi connectivity index (χ1) is 14.7. The minimum Gasteiger partial charge on any atom is -0.477 e. The van der Waals surface area contributed by atoms with Crippen molar-refractivity contribution in [2.75, 3.05) is 11.9 Å². The predicted molar refractivity (Wildman–Crippen MR) is 113 cm³/mol. The highest BCUT2D eigenvalue weighted by atomic mass is 32.1. The molecular formula is C22H19F3N2O3S. The number of aromatic carboxylic acids is 1. The zero-order valence-corrected chi connectivity index (χ0v) is 17.3. The van der Waals surface area contributed by atoms with Crippen LogP contribution in [0.3, 0.4) is 0 Å². The molecule has 3 rings (SSSR count). The Bertz CT molecular complexity index is 1060. The van der Waals surface area contributed by atoms with Gasteiger partial charge < -0.3 is 15.3 Å². The maximum atomic E-state index is 12.8. The third-order valence-electron chi connectivity index (χ3n) is 4.55. The SMILES string of the molecule is CCN(Cc1ccccc1)C(=O)Nc1cc(-c2ccc(C(F)(F)F)cc2)sc1C(=O)O. The second-order valence-corrected chi connectivity index (χ2v) is 7.72. The van der Waals surface area contributed by atoms with Crippen LogP contribution < -0.4 is 5.32 Å². The number of thiophene rings is 1. The molecule has 2 N–H and O–H groups in total. The maximum Gasteiger partial charge on any atom is 0.416 e. The van der Waals surface area contributed by atoms with Crippen LogP contribution in [0.1, 0.15) is 27.7 Å². The number of carboxylic acids is 1. The second kappa shape index (κ2) is 9.22. The van der Waals surface area contributed by atoms with Crippen molar-refractivity contribution in [3.63, 3.8) is 0 Å². The fourth-order valence-electron chi connectivity index (χ4n) is 2.93. The lowest BCUT2D eigenvalue weighted by molar-refractivity contribution is -0.137. The van der Waals surface area contributed by atoms with E-state index in [4.69, 9.17) is 0 Å². The van der Waals surface area contributed by atoms with E-state index in [0.717, 1.165) is 29.0 Å². The largest absolute Gasteiger partial charge is 0.477 e. The smallest absolute Gasteiger partial charge is 0.416 e. The number of hydrogen-bond donors (Lipinski definition) is 2. The molecule has 2 amide bonds. The number of hydrogen-bond acceptors (Lipinski definition) is 3. The molecule has 0 unspecified atom stereocenters. The van der Waals surface area contributed by atoms with Crippen LogP contribution in [0.2, 0.25) is 0 Å². The topological polar surface area (TPSA) is 69.6 Å². The monoisotopic (exact) mass is 448 g/mol. The van der Waals surface area contributed by atoms with Crippen LogP contribution in [0.25, 0.3) is 10.4 Å². The lowest BCUT2D eigenvalue weighted by Gasteiger charge is -2.21. The van der Waals surface area contributed by atoms with E-state index in [9.17, 15) is 27.9 Å². The van der Waals surface area contributed by atoms with E-state index in [1.807, 2.05) is 37.3 Å². The molecule has 5 nitrogen and oxygen atoms in total. The fourth-order valence-corrected chi connectivity index (χ4v) is 3.89. The molecule has 0 radical (unpaired) electrons. The van der Waals surface area contributed by atoms with Crippen LogP contribution >= 0.6 is 11.3 Å². The highest BCUT2D eigenvalue weighted by Gasteiger charge is 2.30. The lowest BCUT2D eigenvalue weighted by atomic mass is 10.1. The van der Waals surface area contributed by atoms with E-state index in [-0.39, 0.29) is 10.6 Å². The fraction of sp³-hybridized carbons (Fsp3) is 0.182. The Hall–Kier alpha value is -3.33. The molecular weight excluding hydrogens is 429 g/mol. The van der Waals surface area contributed by atoms with Gasteiger partial charge in [0.2, 0.25) is 0 Å². The van der Waals surface area contributed by atoms with Crippen LogP contribution in [-0.4, -0.2) is 28.6 Å². The first-order valence-electron chi connectivity index (χ1n) is 9.33. The summed E-state index contributed by atoms with van der Waals surface area (Å²) in [6.07, 6.45) is -4.46. The van der Waals surface area contributed by atoms with Gasteiger partial charge in [0, 0.05) is 18.0 Å². The number of rotatable bonds is 6. The number of urea groups is 1. The molecule has 1 heterocycles. The molecule has 0 saturated carbocycles.